The number of rotatable bonds is 8. The van der Waals surface area contributed by atoms with Gasteiger partial charge in [0, 0.05) is 19.7 Å². The zero-order valence-electron chi connectivity index (χ0n) is 12.0. The lowest BCUT2D eigenvalue weighted by atomic mass is 10.4. The van der Waals surface area contributed by atoms with Crippen LogP contribution in [-0.4, -0.2) is 37.5 Å². The fraction of sp³-hybridized carbons (Fsp3) is 0.750. The molecule has 1 N–H and O–H groups in total. The van der Waals surface area contributed by atoms with Crippen molar-refractivity contribution in [2.75, 3.05) is 13.2 Å². The fourth-order valence-electron chi connectivity index (χ4n) is 1.69. The van der Waals surface area contributed by atoms with Crippen LogP contribution in [0.3, 0.4) is 0 Å². The second-order valence-corrected chi connectivity index (χ2v) is 6.32. The first kappa shape index (κ1) is 16.1. The molecule has 7 heteroatoms. The van der Waals surface area contributed by atoms with Gasteiger partial charge >= 0.3 is 0 Å². The number of ether oxygens (including phenoxy) is 1. The predicted octanol–water partition coefficient (Wildman–Crippen LogP) is 1.30. The van der Waals surface area contributed by atoms with Crippen molar-refractivity contribution in [3.05, 3.63) is 11.9 Å². The highest BCUT2D eigenvalue weighted by Crippen LogP contribution is 2.13. The highest BCUT2D eigenvalue weighted by Gasteiger charge is 2.19. The molecular formula is C12H23N3O3S. The van der Waals surface area contributed by atoms with Crippen molar-refractivity contribution in [1.29, 1.82) is 0 Å². The summed E-state index contributed by atoms with van der Waals surface area (Å²) in [6, 6.07) is 0. The van der Waals surface area contributed by atoms with Crippen molar-refractivity contribution >= 4 is 10.0 Å². The van der Waals surface area contributed by atoms with E-state index in [9.17, 15) is 8.42 Å². The van der Waals surface area contributed by atoms with Gasteiger partial charge in [-0.25, -0.2) is 13.1 Å². The van der Waals surface area contributed by atoms with E-state index in [0.29, 0.717) is 31.8 Å². The molecule has 0 saturated heterocycles. The van der Waals surface area contributed by atoms with Gasteiger partial charge in [-0.3, -0.25) is 4.68 Å². The fourth-order valence-corrected chi connectivity index (χ4v) is 2.94. The molecule has 0 spiro atoms. The maximum atomic E-state index is 12.1. The third-order valence-corrected chi connectivity index (χ3v) is 4.28. The maximum absolute atomic E-state index is 12.1. The molecule has 0 aliphatic heterocycles. The molecule has 0 saturated carbocycles. The molecule has 0 atom stereocenters. The van der Waals surface area contributed by atoms with Crippen molar-refractivity contribution in [2.24, 2.45) is 0 Å². The minimum absolute atomic E-state index is 0.168. The standard InChI is InChI=1S/C12H23N3O3S/c1-5-15-11(4)12(9-13-15)19(16,17)14-7-6-8-18-10(2)3/h9-10,14H,5-8H2,1-4H3. The Bertz CT molecular complexity index is 494. The molecule has 6 nitrogen and oxygen atoms in total. The average molecular weight is 289 g/mol. The summed E-state index contributed by atoms with van der Waals surface area (Å²) in [6.07, 6.45) is 2.21. The maximum Gasteiger partial charge on any atom is 0.243 e. The molecule has 1 rings (SSSR count). The first-order chi connectivity index (χ1) is 8.88. The zero-order valence-corrected chi connectivity index (χ0v) is 12.8. The molecule has 0 aliphatic carbocycles. The van der Waals surface area contributed by atoms with E-state index in [0.717, 1.165) is 0 Å². The lowest BCUT2D eigenvalue weighted by Crippen LogP contribution is -2.26. The number of hydrogen-bond donors (Lipinski definition) is 1. The molecule has 0 bridgehead atoms. The van der Waals surface area contributed by atoms with Crippen LogP contribution in [0, 0.1) is 6.92 Å². The molecule has 1 aromatic rings. The van der Waals surface area contributed by atoms with Gasteiger partial charge in [0.1, 0.15) is 4.90 Å². The second kappa shape index (κ2) is 7.02. The summed E-state index contributed by atoms with van der Waals surface area (Å²) in [5, 5.41) is 4.04. The molecule has 0 radical (unpaired) electrons. The Morgan fingerprint density at radius 3 is 2.68 bits per heavy atom. The van der Waals surface area contributed by atoms with Crippen LogP contribution in [0.5, 0.6) is 0 Å². The van der Waals surface area contributed by atoms with Crippen LogP contribution in [0.2, 0.25) is 0 Å². The highest BCUT2D eigenvalue weighted by atomic mass is 32.2. The number of nitrogens with zero attached hydrogens (tertiary/aromatic N) is 2. The van der Waals surface area contributed by atoms with Gasteiger partial charge in [0.25, 0.3) is 0 Å². The van der Waals surface area contributed by atoms with Crippen LogP contribution >= 0.6 is 0 Å². The summed E-state index contributed by atoms with van der Waals surface area (Å²) in [7, 11) is -3.47. The number of nitrogens with one attached hydrogen (secondary N) is 1. The third-order valence-electron chi connectivity index (χ3n) is 2.71. The van der Waals surface area contributed by atoms with Crippen molar-refractivity contribution in [3.63, 3.8) is 0 Å². The predicted molar refractivity (Wildman–Crippen MR) is 73.5 cm³/mol. The minimum atomic E-state index is -3.47. The van der Waals surface area contributed by atoms with Gasteiger partial charge in [-0.2, -0.15) is 5.10 Å². The molecule has 0 unspecified atom stereocenters. The zero-order chi connectivity index (χ0) is 14.5. The Labute approximate surface area is 115 Å². The molecule has 0 aromatic carbocycles. The SMILES string of the molecule is CCn1ncc(S(=O)(=O)NCCCOC(C)C)c1C. The van der Waals surface area contributed by atoms with E-state index in [2.05, 4.69) is 9.82 Å². The van der Waals surface area contributed by atoms with E-state index in [4.69, 9.17) is 4.74 Å². The van der Waals surface area contributed by atoms with E-state index in [1.165, 1.54) is 6.20 Å². The van der Waals surface area contributed by atoms with E-state index in [1.54, 1.807) is 11.6 Å². The van der Waals surface area contributed by atoms with E-state index >= 15 is 0 Å². The van der Waals surface area contributed by atoms with Crippen LogP contribution in [0.1, 0.15) is 32.9 Å². The third kappa shape index (κ3) is 4.59. The highest BCUT2D eigenvalue weighted by molar-refractivity contribution is 7.89. The topological polar surface area (TPSA) is 73.2 Å². The number of sulfonamides is 1. The lowest BCUT2D eigenvalue weighted by molar-refractivity contribution is 0.0778. The largest absolute Gasteiger partial charge is 0.379 e. The van der Waals surface area contributed by atoms with Gasteiger partial charge in [0.2, 0.25) is 10.0 Å². The Hall–Kier alpha value is -0.920. The molecule has 0 fully saturated rings. The first-order valence-corrected chi connectivity index (χ1v) is 8.00. The average Bonchev–Trinajstić information content (AvgIpc) is 2.70. The summed E-state index contributed by atoms with van der Waals surface area (Å²) < 4.78 is 33.7. The van der Waals surface area contributed by atoms with Crippen LogP contribution in [0.4, 0.5) is 0 Å². The quantitative estimate of drug-likeness (QED) is 0.732. The molecule has 19 heavy (non-hydrogen) atoms. The molecular weight excluding hydrogens is 266 g/mol. The minimum Gasteiger partial charge on any atom is -0.379 e. The summed E-state index contributed by atoms with van der Waals surface area (Å²) in [4.78, 5) is 0.249. The first-order valence-electron chi connectivity index (χ1n) is 6.52. The summed E-state index contributed by atoms with van der Waals surface area (Å²) in [6.45, 7) is 9.15. The van der Waals surface area contributed by atoms with Gasteiger partial charge in [-0.1, -0.05) is 0 Å². The van der Waals surface area contributed by atoms with E-state index in [-0.39, 0.29) is 11.0 Å². The summed E-state index contributed by atoms with van der Waals surface area (Å²) >= 11 is 0. The van der Waals surface area contributed by atoms with Crippen LogP contribution < -0.4 is 4.72 Å². The van der Waals surface area contributed by atoms with Crippen molar-refractivity contribution in [1.82, 2.24) is 14.5 Å². The van der Waals surface area contributed by atoms with Gasteiger partial charge in [-0.05, 0) is 34.1 Å². The molecule has 1 aromatic heterocycles. The molecule has 0 amide bonds. The van der Waals surface area contributed by atoms with Crippen molar-refractivity contribution < 1.29 is 13.2 Å². The van der Waals surface area contributed by atoms with Gasteiger partial charge in [0.05, 0.1) is 18.0 Å². The van der Waals surface area contributed by atoms with Crippen molar-refractivity contribution in [3.8, 4) is 0 Å². The Morgan fingerprint density at radius 1 is 1.47 bits per heavy atom. The monoisotopic (exact) mass is 289 g/mol. The Kier molecular flexibility index (Phi) is 5.96. The van der Waals surface area contributed by atoms with Crippen LogP contribution in [-0.2, 0) is 21.3 Å². The summed E-state index contributed by atoms with van der Waals surface area (Å²) in [5.41, 5.74) is 0.661. The molecule has 110 valence electrons. The second-order valence-electron chi connectivity index (χ2n) is 4.58. The van der Waals surface area contributed by atoms with E-state index in [1.807, 2.05) is 20.8 Å². The summed E-state index contributed by atoms with van der Waals surface area (Å²) in [5.74, 6) is 0. The number of aromatic nitrogens is 2. The van der Waals surface area contributed by atoms with Crippen molar-refractivity contribution in [2.45, 2.75) is 51.7 Å². The normalized spacial score (nSPS) is 12.3. The lowest BCUT2D eigenvalue weighted by Gasteiger charge is -2.08. The van der Waals surface area contributed by atoms with Crippen LogP contribution in [0.15, 0.2) is 11.1 Å². The van der Waals surface area contributed by atoms with Gasteiger partial charge in [0.15, 0.2) is 0 Å². The number of hydrogen-bond acceptors (Lipinski definition) is 4. The molecule has 0 aliphatic rings. The Balaban J connectivity index is 2.54. The van der Waals surface area contributed by atoms with Gasteiger partial charge in [-0.15, -0.1) is 0 Å². The smallest absolute Gasteiger partial charge is 0.243 e. The number of aryl methyl sites for hydroxylation is 1. The van der Waals surface area contributed by atoms with Crippen LogP contribution in [0.25, 0.3) is 0 Å². The van der Waals surface area contributed by atoms with Gasteiger partial charge < -0.3 is 4.74 Å². The Morgan fingerprint density at radius 2 is 2.16 bits per heavy atom. The van der Waals surface area contributed by atoms with E-state index < -0.39 is 10.0 Å². The molecule has 1 heterocycles.